The van der Waals surface area contributed by atoms with Gasteiger partial charge in [0.25, 0.3) is 5.91 Å². The highest BCUT2D eigenvalue weighted by Gasteiger charge is 2.18. The monoisotopic (exact) mass is 370 g/mol. The number of piperidine rings is 1. The van der Waals surface area contributed by atoms with Crippen LogP contribution in [0.4, 0.5) is 0 Å². The van der Waals surface area contributed by atoms with Crippen LogP contribution in [0.15, 0.2) is 34.9 Å². The number of amides is 1. The molecule has 1 saturated heterocycles. The molecule has 1 aromatic heterocycles. The van der Waals surface area contributed by atoms with E-state index in [9.17, 15) is 4.79 Å². The molecule has 27 heavy (non-hydrogen) atoms. The largest absolute Gasteiger partial charge is 0.361 e. The summed E-state index contributed by atoms with van der Waals surface area (Å²) in [7, 11) is 2.10. The molecule has 2 heterocycles. The molecule has 1 unspecified atom stereocenters. The van der Waals surface area contributed by atoms with E-state index in [2.05, 4.69) is 46.8 Å². The second kappa shape index (κ2) is 9.67. The molecule has 1 aromatic carbocycles. The van der Waals surface area contributed by atoms with Crippen LogP contribution in [0, 0.1) is 0 Å². The predicted molar refractivity (Wildman–Crippen MR) is 105 cm³/mol. The Kier molecular flexibility index (Phi) is 7.01. The van der Waals surface area contributed by atoms with E-state index in [0.717, 1.165) is 43.8 Å². The Labute approximate surface area is 161 Å². The number of nitrogens with one attached hydrogen (secondary N) is 2. The van der Waals surface area contributed by atoms with Gasteiger partial charge in [0.05, 0.1) is 0 Å². The second-order valence-electron chi connectivity index (χ2n) is 7.36. The molecule has 0 aliphatic carbocycles. The van der Waals surface area contributed by atoms with Crippen LogP contribution in [0.2, 0.25) is 0 Å². The van der Waals surface area contributed by atoms with E-state index in [4.69, 9.17) is 4.52 Å². The lowest BCUT2D eigenvalue weighted by atomic mass is 10.0. The van der Waals surface area contributed by atoms with Gasteiger partial charge in [-0.05, 0) is 44.1 Å². The summed E-state index contributed by atoms with van der Waals surface area (Å²) in [6.45, 7) is 5.58. The van der Waals surface area contributed by atoms with Gasteiger partial charge in [0, 0.05) is 31.6 Å². The van der Waals surface area contributed by atoms with Gasteiger partial charge in [-0.2, -0.15) is 0 Å². The van der Waals surface area contributed by atoms with Crippen molar-refractivity contribution in [3.8, 4) is 0 Å². The Bertz CT molecular complexity index is 737. The lowest BCUT2D eigenvalue weighted by Gasteiger charge is -2.21. The normalized spacial score (nSPS) is 17.2. The molecule has 146 valence electrons. The predicted octanol–water partition coefficient (Wildman–Crippen LogP) is 2.74. The maximum absolute atomic E-state index is 12.4. The van der Waals surface area contributed by atoms with E-state index in [-0.39, 0.29) is 5.91 Å². The van der Waals surface area contributed by atoms with Crippen LogP contribution in [0.1, 0.15) is 53.6 Å². The number of hydrogen-bond donors (Lipinski definition) is 2. The molecule has 1 aliphatic rings. The molecule has 1 fully saturated rings. The van der Waals surface area contributed by atoms with E-state index in [0.29, 0.717) is 18.3 Å². The van der Waals surface area contributed by atoms with Crippen LogP contribution in [0.25, 0.3) is 0 Å². The third-order valence-corrected chi connectivity index (χ3v) is 5.09. The van der Waals surface area contributed by atoms with Crippen molar-refractivity contribution in [1.29, 1.82) is 0 Å². The first-order valence-electron chi connectivity index (χ1n) is 9.87. The Morgan fingerprint density at radius 3 is 2.96 bits per heavy atom. The van der Waals surface area contributed by atoms with Gasteiger partial charge in [0.2, 0.25) is 0 Å². The minimum atomic E-state index is -0.197. The van der Waals surface area contributed by atoms with Crippen LogP contribution < -0.4 is 10.6 Å². The summed E-state index contributed by atoms with van der Waals surface area (Å²) < 4.78 is 5.36. The zero-order chi connectivity index (χ0) is 19.1. The van der Waals surface area contributed by atoms with Gasteiger partial charge in [-0.25, -0.2) is 0 Å². The third kappa shape index (κ3) is 5.91. The molecular formula is C21H30N4O2. The van der Waals surface area contributed by atoms with Crippen LogP contribution in [0.5, 0.6) is 0 Å². The summed E-state index contributed by atoms with van der Waals surface area (Å²) >= 11 is 0. The highest BCUT2D eigenvalue weighted by atomic mass is 16.5. The van der Waals surface area contributed by atoms with Gasteiger partial charge in [-0.15, -0.1) is 0 Å². The maximum atomic E-state index is 12.4. The van der Waals surface area contributed by atoms with E-state index in [1.54, 1.807) is 6.07 Å². The van der Waals surface area contributed by atoms with Crippen molar-refractivity contribution in [1.82, 2.24) is 20.7 Å². The molecule has 0 saturated carbocycles. The fourth-order valence-corrected chi connectivity index (χ4v) is 3.39. The summed E-state index contributed by atoms with van der Waals surface area (Å²) in [5.41, 5.74) is 2.68. The average Bonchev–Trinajstić information content (AvgIpc) is 3.15. The molecule has 0 spiro atoms. The summed E-state index contributed by atoms with van der Waals surface area (Å²) in [5, 5.41) is 10.4. The molecule has 0 bridgehead atoms. The minimum absolute atomic E-state index is 0.197. The fraction of sp³-hybridized carbons (Fsp3) is 0.524. The highest BCUT2D eigenvalue weighted by molar-refractivity contribution is 5.92. The van der Waals surface area contributed by atoms with Gasteiger partial charge >= 0.3 is 0 Å². The maximum Gasteiger partial charge on any atom is 0.273 e. The smallest absolute Gasteiger partial charge is 0.273 e. The zero-order valence-corrected chi connectivity index (χ0v) is 16.3. The SMILES string of the molecule is CCN(C)Cc1cccc(CNC(=O)c2cc(CC3CCCCN3)on2)c1. The Morgan fingerprint density at radius 1 is 1.33 bits per heavy atom. The van der Waals surface area contributed by atoms with Crippen molar-refractivity contribution in [2.75, 3.05) is 20.1 Å². The molecule has 0 radical (unpaired) electrons. The molecule has 1 amide bonds. The Hall–Kier alpha value is -2.18. The van der Waals surface area contributed by atoms with E-state index >= 15 is 0 Å². The van der Waals surface area contributed by atoms with Gasteiger partial charge in [-0.3, -0.25) is 4.79 Å². The van der Waals surface area contributed by atoms with Crippen molar-refractivity contribution >= 4 is 5.91 Å². The molecule has 6 nitrogen and oxygen atoms in total. The van der Waals surface area contributed by atoms with Crippen molar-refractivity contribution in [2.24, 2.45) is 0 Å². The molecule has 2 N–H and O–H groups in total. The molecule has 2 aromatic rings. The van der Waals surface area contributed by atoms with Crippen molar-refractivity contribution in [3.63, 3.8) is 0 Å². The quantitative estimate of drug-likeness (QED) is 0.748. The molecular weight excluding hydrogens is 340 g/mol. The number of carbonyl (C=O) groups excluding carboxylic acids is 1. The first kappa shape index (κ1) is 19.6. The third-order valence-electron chi connectivity index (χ3n) is 5.09. The Balaban J connectivity index is 1.51. The number of benzene rings is 1. The number of hydrogen-bond acceptors (Lipinski definition) is 5. The van der Waals surface area contributed by atoms with Gasteiger partial charge in [0.15, 0.2) is 5.69 Å². The van der Waals surface area contributed by atoms with Crippen LogP contribution in [0.3, 0.4) is 0 Å². The molecule has 1 aliphatic heterocycles. The molecule has 6 heteroatoms. The van der Waals surface area contributed by atoms with Gasteiger partial charge < -0.3 is 20.1 Å². The van der Waals surface area contributed by atoms with Crippen LogP contribution in [-0.2, 0) is 19.5 Å². The second-order valence-corrected chi connectivity index (χ2v) is 7.36. The van der Waals surface area contributed by atoms with Crippen molar-refractivity contribution < 1.29 is 9.32 Å². The fourth-order valence-electron chi connectivity index (χ4n) is 3.39. The zero-order valence-electron chi connectivity index (χ0n) is 16.3. The summed E-state index contributed by atoms with van der Waals surface area (Å²) in [6, 6.07) is 10.5. The van der Waals surface area contributed by atoms with Crippen LogP contribution >= 0.6 is 0 Å². The van der Waals surface area contributed by atoms with Crippen molar-refractivity contribution in [2.45, 2.75) is 51.7 Å². The first-order valence-corrected chi connectivity index (χ1v) is 9.87. The molecule has 3 rings (SSSR count). The Morgan fingerprint density at radius 2 is 2.19 bits per heavy atom. The number of carbonyl (C=O) groups is 1. The average molecular weight is 370 g/mol. The topological polar surface area (TPSA) is 70.4 Å². The summed E-state index contributed by atoms with van der Waals surface area (Å²) in [5.74, 6) is 0.571. The lowest BCUT2D eigenvalue weighted by molar-refractivity contribution is 0.0941. The van der Waals surface area contributed by atoms with E-state index < -0.39 is 0 Å². The minimum Gasteiger partial charge on any atom is -0.361 e. The standard InChI is InChI=1S/C21H30N4O2/c1-3-25(2)15-17-8-6-7-16(11-17)14-23-21(26)20-13-19(27-24-20)12-18-9-4-5-10-22-18/h6-8,11,13,18,22H,3-5,9-10,12,14-15H2,1-2H3,(H,23,26). The van der Waals surface area contributed by atoms with Gasteiger partial charge in [-0.1, -0.05) is 42.8 Å². The lowest BCUT2D eigenvalue weighted by Crippen LogP contribution is -2.35. The van der Waals surface area contributed by atoms with Crippen molar-refractivity contribution in [3.05, 3.63) is 52.9 Å². The van der Waals surface area contributed by atoms with Gasteiger partial charge in [0.1, 0.15) is 5.76 Å². The van der Waals surface area contributed by atoms with E-state index in [1.165, 1.54) is 18.4 Å². The highest BCUT2D eigenvalue weighted by Crippen LogP contribution is 2.14. The number of nitrogens with zero attached hydrogens (tertiary/aromatic N) is 2. The summed E-state index contributed by atoms with van der Waals surface area (Å²) in [4.78, 5) is 14.6. The van der Waals surface area contributed by atoms with Crippen LogP contribution in [-0.4, -0.2) is 42.1 Å². The molecule has 1 atom stereocenters. The first-order chi connectivity index (χ1) is 13.1. The number of aromatic nitrogens is 1. The summed E-state index contributed by atoms with van der Waals surface area (Å²) in [6.07, 6.45) is 4.40. The van der Waals surface area contributed by atoms with E-state index in [1.807, 2.05) is 12.1 Å². The number of rotatable bonds is 8.